The highest BCUT2D eigenvalue weighted by molar-refractivity contribution is 5.61. The maximum absolute atomic E-state index is 13.4. The van der Waals surface area contributed by atoms with Gasteiger partial charge in [0.2, 0.25) is 11.8 Å². The quantitative estimate of drug-likeness (QED) is 0.784. The van der Waals surface area contributed by atoms with E-state index in [2.05, 4.69) is 11.8 Å². The van der Waals surface area contributed by atoms with Crippen molar-refractivity contribution in [2.45, 2.75) is 44.6 Å². The Balaban J connectivity index is 1.90. The molecule has 3 heterocycles. The Morgan fingerprint density at radius 1 is 1.13 bits per heavy atom. The van der Waals surface area contributed by atoms with E-state index in [4.69, 9.17) is 10.00 Å². The topological polar surface area (TPSA) is 81.7 Å². The molecule has 6 nitrogen and oxygen atoms in total. The first-order chi connectivity index (χ1) is 13.9. The van der Waals surface area contributed by atoms with Crippen LogP contribution < -0.4 is 0 Å². The number of hydrogen-bond acceptors (Lipinski definition) is 5. The van der Waals surface area contributed by atoms with Crippen LogP contribution >= 0.6 is 0 Å². The van der Waals surface area contributed by atoms with Gasteiger partial charge in [0.1, 0.15) is 11.2 Å². The Kier molecular flexibility index (Phi) is 4.39. The highest BCUT2D eigenvalue weighted by atomic mass is 19.4. The molecule has 2 N–H and O–H groups in total. The fourth-order valence-electron chi connectivity index (χ4n) is 5.00. The number of halogens is 3. The smallest absolute Gasteiger partial charge is 0.417 e. The Morgan fingerprint density at radius 3 is 2.17 bits per heavy atom. The van der Waals surface area contributed by atoms with Crippen molar-refractivity contribution in [3.05, 3.63) is 40.5 Å². The van der Waals surface area contributed by atoms with E-state index in [0.717, 1.165) is 29.7 Å². The molecule has 0 saturated carbocycles. The molecule has 0 aliphatic carbocycles. The number of ether oxygens (including phenoxy) is 1. The number of aromatic hydroxyl groups is 2. The fraction of sp³-hybridized carbons (Fsp3) is 0.476. The van der Waals surface area contributed by atoms with Crippen LogP contribution in [0.15, 0.2) is 18.2 Å². The first-order valence-corrected chi connectivity index (χ1v) is 9.67. The normalized spacial score (nSPS) is 25.9. The molecule has 160 valence electrons. The summed E-state index contributed by atoms with van der Waals surface area (Å²) >= 11 is 0. The van der Waals surface area contributed by atoms with Crippen molar-refractivity contribution in [1.29, 1.82) is 5.26 Å². The van der Waals surface area contributed by atoms with Gasteiger partial charge in [-0.15, -0.1) is 0 Å². The van der Waals surface area contributed by atoms with Gasteiger partial charge in [0.05, 0.1) is 34.0 Å². The molecule has 30 heavy (non-hydrogen) atoms. The highest BCUT2D eigenvalue weighted by Crippen LogP contribution is 2.59. The maximum atomic E-state index is 13.4. The summed E-state index contributed by atoms with van der Waals surface area (Å²) in [7, 11) is 0. The number of hydrogen-bond donors (Lipinski definition) is 2. The molecular weight excluding hydrogens is 399 g/mol. The van der Waals surface area contributed by atoms with Crippen molar-refractivity contribution in [1.82, 2.24) is 9.47 Å². The number of aromatic nitrogens is 1. The van der Waals surface area contributed by atoms with Gasteiger partial charge in [-0.05, 0) is 45.0 Å². The van der Waals surface area contributed by atoms with Gasteiger partial charge >= 0.3 is 6.18 Å². The average molecular weight is 421 g/mol. The van der Waals surface area contributed by atoms with Gasteiger partial charge in [-0.2, -0.15) is 18.4 Å². The predicted octanol–water partition coefficient (Wildman–Crippen LogP) is 3.97. The van der Waals surface area contributed by atoms with E-state index in [1.165, 1.54) is 12.1 Å². The van der Waals surface area contributed by atoms with Gasteiger partial charge in [-0.1, -0.05) is 6.92 Å². The molecule has 2 atom stereocenters. The predicted molar refractivity (Wildman–Crippen MR) is 101 cm³/mol. The maximum Gasteiger partial charge on any atom is 0.417 e. The van der Waals surface area contributed by atoms with E-state index in [9.17, 15) is 23.4 Å². The van der Waals surface area contributed by atoms with Crippen LogP contribution in [0.1, 0.15) is 49.4 Å². The van der Waals surface area contributed by atoms with Crippen LogP contribution in [0, 0.1) is 11.3 Å². The van der Waals surface area contributed by atoms with Crippen molar-refractivity contribution < 1.29 is 28.1 Å². The summed E-state index contributed by atoms with van der Waals surface area (Å²) in [6.45, 7) is 7.47. The van der Waals surface area contributed by atoms with Crippen molar-refractivity contribution >= 4 is 0 Å². The van der Waals surface area contributed by atoms with Crippen LogP contribution in [0.5, 0.6) is 11.8 Å². The minimum atomic E-state index is -4.75. The third kappa shape index (κ3) is 2.78. The second-order valence-electron chi connectivity index (χ2n) is 8.35. The molecule has 2 aliphatic heterocycles. The zero-order valence-electron chi connectivity index (χ0n) is 16.8. The van der Waals surface area contributed by atoms with Crippen molar-refractivity contribution in [3.63, 3.8) is 0 Å². The van der Waals surface area contributed by atoms with E-state index < -0.39 is 28.5 Å². The van der Waals surface area contributed by atoms with E-state index in [0.29, 0.717) is 24.2 Å². The molecule has 2 bridgehead atoms. The molecular formula is C21H22F3N3O3. The Bertz CT molecular complexity index is 1030. The summed E-state index contributed by atoms with van der Waals surface area (Å²) in [5.74, 6) is -0.713. The van der Waals surface area contributed by atoms with E-state index in [1.807, 2.05) is 13.8 Å². The number of morpholine rings is 1. The summed E-state index contributed by atoms with van der Waals surface area (Å²) in [5.41, 5.74) is -2.79. The lowest BCUT2D eigenvalue weighted by atomic mass is 9.94. The molecule has 2 aromatic rings. The van der Waals surface area contributed by atoms with Gasteiger partial charge in [-0.3, -0.25) is 9.47 Å². The first-order valence-electron chi connectivity index (χ1n) is 9.67. The molecule has 2 unspecified atom stereocenters. The number of fused-ring (bicyclic) bond motifs is 5. The molecule has 1 aromatic carbocycles. The number of rotatable bonds is 3. The van der Waals surface area contributed by atoms with Crippen LogP contribution in [0.2, 0.25) is 0 Å². The van der Waals surface area contributed by atoms with Crippen molar-refractivity contribution in [2.24, 2.45) is 0 Å². The number of benzene rings is 1. The van der Waals surface area contributed by atoms with Gasteiger partial charge in [0.15, 0.2) is 0 Å². The molecule has 1 saturated heterocycles. The molecule has 4 rings (SSSR count). The zero-order chi connectivity index (χ0) is 22.1. The van der Waals surface area contributed by atoms with Gasteiger partial charge in [0.25, 0.3) is 0 Å². The molecule has 9 heteroatoms. The summed E-state index contributed by atoms with van der Waals surface area (Å²) in [4.78, 5) is 2.19. The second-order valence-corrected chi connectivity index (χ2v) is 8.35. The third-order valence-electron chi connectivity index (χ3n) is 5.91. The third-order valence-corrected chi connectivity index (χ3v) is 5.91. The first kappa shape index (κ1) is 20.6. The fourth-order valence-corrected chi connectivity index (χ4v) is 5.00. The van der Waals surface area contributed by atoms with Crippen molar-refractivity contribution in [2.75, 3.05) is 19.6 Å². The van der Waals surface area contributed by atoms with Gasteiger partial charge in [0, 0.05) is 13.1 Å². The Hall–Kier alpha value is -2.70. The van der Waals surface area contributed by atoms with Crippen LogP contribution in [0.3, 0.4) is 0 Å². The number of nitriles is 1. The van der Waals surface area contributed by atoms with E-state index in [1.54, 1.807) is 0 Å². The van der Waals surface area contributed by atoms with Crippen LogP contribution in [0.25, 0.3) is 5.69 Å². The van der Waals surface area contributed by atoms with Gasteiger partial charge < -0.3 is 14.9 Å². The highest BCUT2D eigenvalue weighted by Gasteiger charge is 2.58. The second kappa shape index (κ2) is 6.40. The van der Waals surface area contributed by atoms with Crippen LogP contribution in [0.4, 0.5) is 13.2 Å². The van der Waals surface area contributed by atoms with Crippen LogP contribution in [-0.2, 0) is 22.1 Å². The van der Waals surface area contributed by atoms with Crippen molar-refractivity contribution in [3.8, 4) is 23.5 Å². The van der Waals surface area contributed by atoms with Gasteiger partial charge in [-0.25, -0.2) is 0 Å². The van der Waals surface area contributed by atoms with E-state index in [-0.39, 0.29) is 17.4 Å². The largest absolute Gasteiger partial charge is 0.494 e. The Morgan fingerprint density at radius 2 is 1.70 bits per heavy atom. The summed E-state index contributed by atoms with van der Waals surface area (Å²) in [5, 5.41) is 31.0. The number of alkyl halides is 3. The monoisotopic (exact) mass is 421 g/mol. The summed E-state index contributed by atoms with van der Waals surface area (Å²) in [6, 6.07) is 4.60. The summed E-state index contributed by atoms with van der Waals surface area (Å²) in [6.07, 6.45) is -3.82. The average Bonchev–Trinajstić information content (AvgIpc) is 3.01. The lowest BCUT2D eigenvalue weighted by Gasteiger charge is -2.43. The standard InChI is InChI=1S/C21H22F3N3O3/c1-4-7-26-10-19(2)15-16(20(3,11-26)30-19)18(29)27(17(15)28)13-6-5-12(9-25)14(8-13)21(22,23)24/h5-6,8,28-29H,4,7,10-11H2,1-3H3. The number of nitrogens with zero attached hydrogens (tertiary/aromatic N) is 3. The molecule has 0 radical (unpaired) electrons. The SMILES string of the molecule is CCCN1CC2(C)OC(C)(C1)c1c2c(O)n(-c2ccc(C#N)c(C(F)(F)F)c2)c1O. The molecule has 1 fully saturated rings. The lowest BCUT2D eigenvalue weighted by molar-refractivity contribution is -0.186. The molecule has 2 aliphatic rings. The van der Waals surface area contributed by atoms with E-state index >= 15 is 0 Å². The zero-order valence-corrected chi connectivity index (χ0v) is 16.8. The van der Waals surface area contributed by atoms with Crippen LogP contribution in [-0.4, -0.2) is 39.3 Å². The molecule has 0 spiro atoms. The minimum Gasteiger partial charge on any atom is -0.494 e. The Labute approximate surface area is 171 Å². The molecule has 1 aromatic heterocycles. The summed E-state index contributed by atoms with van der Waals surface area (Å²) < 4.78 is 47.4. The lowest BCUT2D eigenvalue weighted by Crippen LogP contribution is -2.51. The minimum absolute atomic E-state index is 0.0820. The molecule has 0 amide bonds.